The highest BCUT2D eigenvalue weighted by atomic mass is 19.1. The van der Waals surface area contributed by atoms with E-state index < -0.39 is 11.9 Å². The molecule has 3 rings (SSSR count). The zero-order valence-corrected chi connectivity index (χ0v) is 13.5. The number of aliphatic hydroxyl groups is 1. The van der Waals surface area contributed by atoms with Gasteiger partial charge in [-0.15, -0.1) is 0 Å². The molecule has 130 valence electrons. The summed E-state index contributed by atoms with van der Waals surface area (Å²) >= 11 is 0. The summed E-state index contributed by atoms with van der Waals surface area (Å²) in [6.07, 6.45) is 0.221. The third kappa shape index (κ3) is 4.09. The van der Waals surface area contributed by atoms with E-state index >= 15 is 0 Å². The van der Waals surface area contributed by atoms with Gasteiger partial charge in [0.25, 0.3) is 0 Å². The maximum Gasteiger partial charge on any atom is 0.246 e. The second-order valence-corrected chi connectivity index (χ2v) is 5.49. The van der Waals surface area contributed by atoms with Crippen molar-refractivity contribution >= 4 is 11.6 Å². The number of halogens is 1. The molecule has 3 aromatic rings. The number of anilines is 1. The molecule has 1 heterocycles. The van der Waals surface area contributed by atoms with Gasteiger partial charge in [0.15, 0.2) is 5.82 Å². The molecule has 0 bridgehead atoms. The summed E-state index contributed by atoms with van der Waals surface area (Å²) < 4.78 is 14.2. The third-order valence-electron chi connectivity index (χ3n) is 3.59. The summed E-state index contributed by atoms with van der Waals surface area (Å²) in [7, 11) is 0. The fourth-order valence-corrected chi connectivity index (χ4v) is 2.28. The number of nitriles is 1. The van der Waals surface area contributed by atoms with Crippen molar-refractivity contribution < 1.29 is 14.3 Å². The number of carbonyl (C=O) groups excluding carboxylic acids is 1. The van der Waals surface area contributed by atoms with Crippen molar-refractivity contribution in [1.29, 1.82) is 5.26 Å². The van der Waals surface area contributed by atoms with Crippen molar-refractivity contribution in [2.45, 2.75) is 12.6 Å². The Morgan fingerprint density at radius 3 is 2.58 bits per heavy atom. The first kappa shape index (κ1) is 17.3. The molecular formula is C18H14FN5O2. The maximum atomic E-state index is 12.9. The van der Waals surface area contributed by atoms with Crippen molar-refractivity contribution in [1.82, 2.24) is 14.8 Å². The van der Waals surface area contributed by atoms with E-state index in [4.69, 9.17) is 5.26 Å². The molecule has 0 aliphatic heterocycles. The number of nitrogens with zero attached hydrogens (tertiary/aromatic N) is 4. The molecule has 0 spiro atoms. The lowest BCUT2D eigenvalue weighted by atomic mass is 10.1. The van der Waals surface area contributed by atoms with Gasteiger partial charge in [0.2, 0.25) is 5.91 Å². The van der Waals surface area contributed by atoms with Crippen LogP contribution in [0.3, 0.4) is 0 Å². The first-order valence-corrected chi connectivity index (χ1v) is 7.68. The Hall–Kier alpha value is -3.57. The molecule has 0 saturated carbocycles. The Labute approximate surface area is 148 Å². The molecule has 0 fully saturated rings. The molecule has 7 nitrogen and oxygen atoms in total. The summed E-state index contributed by atoms with van der Waals surface area (Å²) in [5.74, 6) is -0.621. The van der Waals surface area contributed by atoms with Crippen LogP contribution in [-0.4, -0.2) is 25.8 Å². The lowest BCUT2D eigenvalue weighted by Gasteiger charge is -2.07. The van der Waals surface area contributed by atoms with E-state index in [9.17, 15) is 14.3 Å². The van der Waals surface area contributed by atoms with Crippen molar-refractivity contribution in [2.24, 2.45) is 0 Å². The van der Waals surface area contributed by atoms with Gasteiger partial charge < -0.3 is 10.4 Å². The number of aliphatic hydroxyl groups excluding tert-OH is 1. The van der Waals surface area contributed by atoms with Crippen LogP contribution in [0.5, 0.6) is 0 Å². The third-order valence-corrected chi connectivity index (χ3v) is 3.59. The summed E-state index contributed by atoms with van der Waals surface area (Å²) in [5.41, 5.74) is 1.51. The number of benzene rings is 2. The largest absolute Gasteiger partial charge is 0.380 e. The summed E-state index contributed by atoms with van der Waals surface area (Å²) in [4.78, 5) is 16.0. The number of carbonyl (C=O) groups is 1. The van der Waals surface area contributed by atoms with E-state index in [1.54, 1.807) is 24.3 Å². The van der Waals surface area contributed by atoms with Crippen molar-refractivity contribution in [3.8, 4) is 6.07 Å². The van der Waals surface area contributed by atoms with Crippen molar-refractivity contribution in [3.05, 3.63) is 77.6 Å². The molecule has 1 unspecified atom stereocenters. The normalized spacial score (nSPS) is 11.6. The van der Waals surface area contributed by atoms with Crippen molar-refractivity contribution in [3.63, 3.8) is 0 Å². The zero-order chi connectivity index (χ0) is 18.5. The second-order valence-electron chi connectivity index (χ2n) is 5.49. The first-order valence-electron chi connectivity index (χ1n) is 7.68. The van der Waals surface area contributed by atoms with Gasteiger partial charge in [-0.2, -0.15) is 10.4 Å². The van der Waals surface area contributed by atoms with Crippen LogP contribution in [0.4, 0.5) is 10.1 Å². The van der Waals surface area contributed by atoms with Crippen LogP contribution in [0.2, 0.25) is 0 Å². The van der Waals surface area contributed by atoms with Crippen LogP contribution in [0.1, 0.15) is 23.1 Å². The van der Waals surface area contributed by atoms with Gasteiger partial charge in [0.05, 0.1) is 11.6 Å². The monoisotopic (exact) mass is 351 g/mol. The fraction of sp³-hybridized carbons (Fsp3) is 0.111. The van der Waals surface area contributed by atoms with Crippen LogP contribution in [0.25, 0.3) is 0 Å². The molecule has 0 aliphatic carbocycles. The summed E-state index contributed by atoms with van der Waals surface area (Å²) in [5, 5.41) is 25.7. The lowest BCUT2D eigenvalue weighted by molar-refractivity contribution is -0.116. The van der Waals surface area contributed by atoms with Gasteiger partial charge in [-0.05, 0) is 42.0 Å². The molecule has 1 atom stereocenters. The number of nitrogens with one attached hydrogen (secondary N) is 1. The molecule has 1 amide bonds. The molecule has 0 aliphatic rings. The summed E-state index contributed by atoms with van der Waals surface area (Å²) in [6.45, 7) is -0.0941. The molecule has 2 aromatic carbocycles. The molecular weight excluding hydrogens is 337 g/mol. The number of hydrogen-bond donors (Lipinski definition) is 2. The van der Waals surface area contributed by atoms with Crippen LogP contribution in [0, 0.1) is 17.1 Å². The Morgan fingerprint density at radius 2 is 1.92 bits per heavy atom. The predicted molar refractivity (Wildman–Crippen MR) is 90.3 cm³/mol. The minimum atomic E-state index is -1.11. The Bertz CT molecular complexity index is 945. The Morgan fingerprint density at radius 1 is 1.23 bits per heavy atom. The minimum absolute atomic E-state index is 0.0941. The highest BCUT2D eigenvalue weighted by Gasteiger charge is 2.16. The molecule has 1 aromatic heterocycles. The second kappa shape index (κ2) is 7.55. The van der Waals surface area contributed by atoms with Gasteiger partial charge in [-0.1, -0.05) is 12.1 Å². The van der Waals surface area contributed by atoms with Crippen LogP contribution >= 0.6 is 0 Å². The van der Waals surface area contributed by atoms with Gasteiger partial charge in [-0.3, -0.25) is 4.79 Å². The molecule has 8 heteroatoms. The van der Waals surface area contributed by atoms with Gasteiger partial charge in [0, 0.05) is 5.69 Å². The average molecular weight is 351 g/mol. The molecule has 0 saturated heterocycles. The quantitative estimate of drug-likeness (QED) is 0.732. The summed E-state index contributed by atoms with van der Waals surface area (Å²) in [6, 6.07) is 13.8. The van der Waals surface area contributed by atoms with Gasteiger partial charge in [-0.25, -0.2) is 14.1 Å². The van der Waals surface area contributed by atoms with Gasteiger partial charge >= 0.3 is 0 Å². The van der Waals surface area contributed by atoms with Crippen molar-refractivity contribution in [2.75, 3.05) is 5.32 Å². The Kier molecular flexibility index (Phi) is 5.01. The van der Waals surface area contributed by atoms with E-state index in [1.807, 2.05) is 6.07 Å². The fourth-order valence-electron chi connectivity index (χ4n) is 2.28. The maximum absolute atomic E-state index is 12.9. The number of aromatic nitrogens is 3. The zero-order valence-electron chi connectivity index (χ0n) is 13.5. The highest BCUT2D eigenvalue weighted by Crippen LogP contribution is 2.18. The average Bonchev–Trinajstić information content (AvgIpc) is 3.10. The van der Waals surface area contributed by atoms with Gasteiger partial charge in [0.1, 0.15) is 24.8 Å². The van der Waals surface area contributed by atoms with Crippen LogP contribution < -0.4 is 5.32 Å². The predicted octanol–water partition coefficient (Wildman–Crippen LogP) is 2.01. The molecule has 2 N–H and O–H groups in total. The van der Waals surface area contributed by atoms with E-state index in [1.165, 1.54) is 35.3 Å². The topological polar surface area (TPSA) is 104 Å². The standard InChI is InChI=1S/C18H14FN5O2/c19-14-5-3-13(4-6-14)17(26)18-21-11-24(23-18)10-16(25)22-15-7-1-12(9-20)2-8-15/h1-8,11,17,26H,10H2,(H,22,25). The van der Waals surface area contributed by atoms with E-state index in [2.05, 4.69) is 15.4 Å². The lowest BCUT2D eigenvalue weighted by Crippen LogP contribution is -2.19. The SMILES string of the molecule is N#Cc1ccc(NC(=O)Cn2cnc(C(O)c3ccc(F)cc3)n2)cc1. The molecule has 26 heavy (non-hydrogen) atoms. The number of rotatable bonds is 5. The highest BCUT2D eigenvalue weighted by molar-refractivity contribution is 5.90. The minimum Gasteiger partial charge on any atom is -0.380 e. The van der Waals surface area contributed by atoms with Crippen LogP contribution in [-0.2, 0) is 11.3 Å². The Balaban J connectivity index is 1.63. The first-order chi connectivity index (χ1) is 12.5. The van der Waals surface area contributed by atoms with Crippen LogP contribution in [0.15, 0.2) is 54.9 Å². The smallest absolute Gasteiger partial charge is 0.246 e. The number of hydrogen-bond acceptors (Lipinski definition) is 5. The van der Waals surface area contributed by atoms with E-state index in [0.717, 1.165) is 0 Å². The molecule has 0 radical (unpaired) electrons. The number of amides is 1. The van der Waals surface area contributed by atoms with E-state index in [0.29, 0.717) is 16.8 Å². The van der Waals surface area contributed by atoms with E-state index in [-0.39, 0.29) is 18.3 Å².